The number of benzene rings is 4. The first-order chi connectivity index (χ1) is 53.6. The van der Waals surface area contributed by atoms with Crippen LogP contribution in [0.3, 0.4) is 0 Å². The molecule has 36 heteroatoms. The number of rotatable bonds is 36. The molecule has 0 radical (unpaired) electrons. The van der Waals surface area contributed by atoms with E-state index in [1.807, 2.05) is 0 Å². The second-order valence-corrected chi connectivity index (χ2v) is 27.0. The lowest BCUT2D eigenvalue weighted by Gasteiger charge is -2.40. The predicted octanol–water partition coefficient (Wildman–Crippen LogP) is -3.28. The number of ether oxygens (including phenoxy) is 3. The van der Waals surface area contributed by atoms with Gasteiger partial charge in [0.15, 0.2) is 0 Å². The first kappa shape index (κ1) is 83.2. The van der Waals surface area contributed by atoms with Gasteiger partial charge < -0.3 is 107 Å². The van der Waals surface area contributed by atoms with Crippen molar-refractivity contribution in [1.29, 1.82) is 0 Å². The van der Waals surface area contributed by atoms with E-state index >= 15 is 0 Å². The van der Waals surface area contributed by atoms with Crippen LogP contribution >= 0.6 is 0 Å². The lowest BCUT2D eigenvalue weighted by molar-refractivity contribution is -0.227. The van der Waals surface area contributed by atoms with Gasteiger partial charge >= 0.3 is 0 Å². The van der Waals surface area contributed by atoms with Crippen molar-refractivity contribution in [2.75, 3.05) is 39.5 Å². The second-order valence-electron chi connectivity index (χ2n) is 27.0. The van der Waals surface area contributed by atoms with E-state index < -0.39 is 147 Å². The van der Waals surface area contributed by atoms with Gasteiger partial charge in [0, 0.05) is 93.4 Å². The van der Waals surface area contributed by atoms with E-state index in [9.17, 15) is 90.0 Å². The number of carbonyl (C=O) groups is 6. The number of aryl methyl sites for hydroxylation is 3. The average Bonchev–Trinajstić information content (AvgIpc) is 1.39. The standard InChI is InChI=1S/C75H93N15O21/c91-40-58-67(100)70(103)64(97)55(109-58)28-46(43-13-4-1-5-14-43)31-61(94)76-19-10-22-88-37-52(82-85-88)34-79-73(106)49-25-50(74(107)80-35-53-38-89(86-83-53)23-11-20-77-62(95)32-47(44-15-6-2-7-16-44)29-56-65(98)71(104)68(101)59(41-92)110-56)27-51(26-49)75(108)81-36-54-39-90(87-84-54)24-12-21-78-63(96)33-48(45-17-8-3-9-18-45)30-57-66(99)72(105)69(102)60(42-93)111-57/h1-9,13-18,25-27,31-33,37-39,55-60,64-72,91-93,97-105H,10-12,19-24,28-30,34-36,40-42H2,(H,76,94)(H,77,95)(H,78,96)(H,79,106)(H,80,107)(H,81,108)/b46-31+,47-32+,48-33+/t55-,56-,57-,58+,59+,60+,64-,65-,66-,67-,68-,69-,70+,71+,72+/m0/s1. The molecule has 6 heterocycles. The molecule has 3 saturated heterocycles. The first-order valence-corrected chi connectivity index (χ1v) is 36.3. The Morgan fingerprint density at radius 3 is 0.847 bits per heavy atom. The van der Waals surface area contributed by atoms with Gasteiger partial charge in [-0.25, -0.2) is 0 Å². The molecule has 3 aliphatic heterocycles. The maximum Gasteiger partial charge on any atom is 0.251 e. The van der Waals surface area contributed by atoms with Crippen LogP contribution in [0.15, 0.2) is 146 Å². The van der Waals surface area contributed by atoms with Gasteiger partial charge in [-0.2, -0.15) is 0 Å². The summed E-state index contributed by atoms with van der Waals surface area (Å²) in [6.45, 7) is -0.781. The number of nitrogens with zero attached hydrogens (tertiary/aromatic N) is 9. The minimum atomic E-state index is -1.59. The molecule has 3 aromatic heterocycles. The zero-order valence-corrected chi connectivity index (χ0v) is 60.3. The van der Waals surface area contributed by atoms with Gasteiger partial charge in [-0.05, 0) is 70.9 Å². The molecule has 0 aliphatic carbocycles. The number of hydrogen-bond donors (Lipinski definition) is 18. The summed E-state index contributed by atoms with van der Waals surface area (Å²) in [5.41, 5.74) is 4.11. The van der Waals surface area contributed by atoms with Gasteiger partial charge in [-0.3, -0.25) is 42.8 Å². The van der Waals surface area contributed by atoms with Crippen LogP contribution in [0.1, 0.15) is 103 Å². The summed E-state index contributed by atoms with van der Waals surface area (Å²) in [7, 11) is 0. The Hall–Kier alpha value is -10.3. The third kappa shape index (κ3) is 23.2. The summed E-state index contributed by atoms with van der Waals surface area (Å²) >= 11 is 0. The van der Waals surface area contributed by atoms with Crippen molar-refractivity contribution in [2.45, 2.75) is 169 Å². The highest BCUT2D eigenvalue weighted by atomic mass is 16.6. The van der Waals surface area contributed by atoms with E-state index in [4.69, 9.17) is 14.2 Å². The fourth-order valence-electron chi connectivity index (χ4n) is 12.8. The molecular weight excluding hydrogens is 1450 g/mol. The van der Waals surface area contributed by atoms with Crippen molar-refractivity contribution in [3.05, 3.63) is 196 Å². The molecule has 3 aliphatic rings. The van der Waals surface area contributed by atoms with Crippen molar-refractivity contribution in [3.8, 4) is 0 Å². The Bertz CT molecular complexity index is 3870. The van der Waals surface area contributed by atoms with Crippen molar-refractivity contribution in [2.24, 2.45) is 0 Å². The van der Waals surface area contributed by atoms with Crippen molar-refractivity contribution in [3.63, 3.8) is 0 Å². The molecule has 4 aromatic carbocycles. The zero-order valence-electron chi connectivity index (χ0n) is 60.3. The number of nitrogens with one attached hydrogen (secondary N) is 6. The van der Waals surface area contributed by atoms with E-state index in [2.05, 4.69) is 62.8 Å². The largest absolute Gasteiger partial charge is 0.394 e. The van der Waals surface area contributed by atoms with Gasteiger partial charge in [0.25, 0.3) is 17.7 Å². The van der Waals surface area contributed by atoms with Crippen LogP contribution in [0.25, 0.3) is 16.7 Å². The number of aromatic nitrogens is 9. The summed E-state index contributed by atoms with van der Waals surface area (Å²) in [5, 5.41) is 165. The zero-order chi connectivity index (χ0) is 79.1. The molecule has 0 saturated carbocycles. The smallest absolute Gasteiger partial charge is 0.251 e. The fraction of sp³-hybridized carbons (Fsp3) is 0.440. The molecule has 10 rings (SSSR count). The fourth-order valence-corrected chi connectivity index (χ4v) is 12.8. The Morgan fingerprint density at radius 1 is 0.342 bits per heavy atom. The Kier molecular flexibility index (Phi) is 30.4. The molecule has 594 valence electrons. The molecule has 0 bridgehead atoms. The summed E-state index contributed by atoms with van der Waals surface area (Å²) in [4.78, 5) is 81.9. The van der Waals surface area contributed by atoms with Gasteiger partial charge in [0.05, 0.1) is 76.4 Å². The summed E-state index contributed by atoms with van der Waals surface area (Å²) in [6.07, 6.45) is -10.6. The van der Waals surface area contributed by atoms with Gasteiger partial charge in [0.2, 0.25) is 17.7 Å². The minimum Gasteiger partial charge on any atom is -0.394 e. The van der Waals surface area contributed by atoms with Gasteiger partial charge in [0.1, 0.15) is 90.3 Å². The summed E-state index contributed by atoms with van der Waals surface area (Å²) in [5.74, 6) is -3.47. The van der Waals surface area contributed by atoms with E-state index in [0.717, 1.165) is 0 Å². The van der Waals surface area contributed by atoms with Crippen LogP contribution < -0.4 is 31.9 Å². The number of aliphatic hydroxyl groups excluding tert-OH is 12. The monoisotopic (exact) mass is 1540 g/mol. The highest BCUT2D eigenvalue weighted by Crippen LogP contribution is 2.33. The van der Waals surface area contributed by atoms with Crippen LogP contribution in [0.4, 0.5) is 0 Å². The molecule has 3 fully saturated rings. The minimum absolute atomic E-state index is 0.0345. The van der Waals surface area contributed by atoms with E-state index in [0.29, 0.717) is 89.4 Å². The molecule has 15 atom stereocenters. The number of hydrogen-bond acceptors (Lipinski definition) is 27. The van der Waals surface area contributed by atoms with Crippen LogP contribution in [-0.2, 0) is 67.9 Å². The van der Waals surface area contributed by atoms with Crippen molar-refractivity contribution >= 4 is 52.2 Å². The topological polar surface area (TPSA) is 537 Å². The third-order valence-electron chi connectivity index (χ3n) is 18.9. The van der Waals surface area contributed by atoms with Crippen LogP contribution in [0.5, 0.6) is 0 Å². The lowest BCUT2D eigenvalue weighted by atomic mass is 9.89. The maximum atomic E-state index is 14.0. The number of amides is 6. The SMILES string of the molecule is O=C(/C=C(\C[C@@H]1O[C@H](CO)[C@H](O)[C@H](O)[C@H]1O)c1ccccc1)NCCCn1cc(CNC(=O)c2cc(C(=O)NCc3cn(CCCNC(=O)/C=C(\C[C@@H]4O[C@H](CO)[C@H](O)[C@H](O)[C@H]4O)c4ccccc4)nn3)cc(C(=O)NCc3cn(CCCNC(=O)/C=C(\C[C@@H]4O[C@H](CO)[C@H](O)[C@H](O)[C@H]4O)c4ccccc4)nn3)c2)nn1. The van der Waals surface area contributed by atoms with Crippen LogP contribution in [0.2, 0.25) is 0 Å². The van der Waals surface area contributed by atoms with E-state index in [-0.39, 0.29) is 75.2 Å². The van der Waals surface area contributed by atoms with Crippen molar-refractivity contribution < 1.29 is 104 Å². The van der Waals surface area contributed by atoms with Crippen LogP contribution in [0, 0.1) is 0 Å². The highest BCUT2D eigenvalue weighted by molar-refractivity contribution is 6.04. The summed E-state index contributed by atoms with van der Waals surface area (Å²) < 4.78 is 21.7. The molecule has 0 unspecified atom stereocenters. The van der Waals surface area contributed by atoms with E-state index in [1.165, 1.54) is 50.5 Å². The second kappa shape index (κ2) is 40.6. The third-order valence-corrected chi connectivity index (χ3v) is 18.9. The van der Waals surface area contributed by atoms with Gasteiger partial charge in [-0.1, -0.05) is 107 Å². The average molecular weight is 1540 g/mol. The Morgan fingerprint density at radius 2 is 0.595 bits per heavy atom. The highest BCUT2D eigenvalue weighted by Gasteiger charge is 2.46. The molecule has 111 heavy (non-hydrogen) atoms. The van der Waals surface area contributed by atoms with Crippen LogP contribution in [-0.4, -0.2) is 273 Å². The first-order valence-electron chi connectivity index (χ1n) is 36.3. The molecular formula is C75H93N15O21. The Balaban J connectivity index is 0.739. The summed E-state index contributed by atoms with van der Waals surface area (Å²) in [6, 6.07) is 30.4. The van der Waals surface area contributed by atoms with Crippen molar-refractivity contribution in [1.82, 2.24) is 76.9 Å². The Labute approximate surface area is 636 Å². The predicted molar refractivity (Wildman–Crippen MR) is 391 cm³/mol. The quantitative estimate of drug-likeness (QED) is 0.0135. The molecule has 36 nitrogen and oxygen atoms in total. The molecule has 6 amide bonds. The van der Waals surface area contributed by atoms with Gasteiger partial charge in [-0.15, -0.1) is 15.3 Å². The molecule has 7 aromatic rings. The number of aliphatic hydroxyl groups is 12. The van der Waals surface area contributed by atoms with E-state index in [1.54, 1.807) is 110 Å². The lowest BCUT2D eigenvalue weighted by Crippen LogP contribution is -2.58. The normalized spacial score (nSPS) is 24.3. The number of carbonyl (C=O) groups excluding carboxylic acids is 6. The molecule has 18 N–H and O–H groups in total. The maximum absolute atomic E-state index is 14.0. The molecule has 0 spiro atoms.